The van der Waals surface area contributed by atoms with Crippen LogP contribution in [0.5, 0.6) is 0 Å². The lowest BCUT2D eigenvalue weighted by atomic mass is 9.86. The smallest absolute Gasteiger partial charge is 0.127 e. The number of benzene rings is 1. The van der Waals surface area contributed by atoms with Gasteiger partial charge in [0.15, 0.2) is 0 Å². The second kappa shape index (κ2) is 6.00. The minimum Gasteiger partial charge on any atom is -0.391 e. The van der Waals surface area contributed by atoms with Gasteiger partial charge in [-0.1, -0.05) is 24.6 Å². The molecule has 0 bridgehead atoms. The first-order valence-electron chi connectivity index (χ1n) is 6.11. The first-order valence-corrected chi connectivity index (χ1v) is 6.49. The summed E-state index contributed by atoms with van der Waals surface area (Å²) >= 11 is 5.98. The normalized spacial score (nSPS) is 16.7. The van der Waals surface area contributed by atoms with E-state index in [4.69, 9.17) is 11.6 Å². The van der Waals surface area contributed by atoms with Gasteiger partial charge in [0.05, 0.1) is 6.10 Å². The van der Waals surface area contributed by atoms with E-state index in [0.717, 1.165) is 6.42 Å². The van der Waals surface area contributed by atoms with E-state index in [-0.39, 0.29) is 12.2 Å². The Morgan fingerprint density at radius 2 is 2.06 bits per heavy atom. The Morgan fingerprint density at radius 3 is 2.50 bits per heavy atom. The molecule has 1 rings (SSSR count). The van der Waals surface area contributed by atoms with E-state index in [1.807, 2.05) is 32.8 Å². The highest BCUT2D eigenvalue weighted by molar-refractivity contribution is 6.31. The number of halogens is 2. The van der Waals surface area contributed by atoms with Crippen molar-refractivity contribution in [2.75, 3.05) is 14.1 Å². The van der Waals surface area contributed by atoms with E-state index in [2.05, 4.69) is 0 Å². The summed E-state index contributed by atoms with van der Waals surface area (Å²) in [5, 5.41) is 10.7. The molecule has 0 saturated heterocycles. The Morgan fingerprint density at radius 1 is 1.44 bits per heavy atom. The van der Waals surface area contributed by atoms with Crippen molar-refractivity contribution in [2.45, 2.75) is 38.3 Å². The standard InChI is InChI=1S/C14H21ClFNO/c1-5-14(2,17(3)4)13(18)9-10-11(15)7-6-8-12(10)16/h6-8,13,18H,5,9H2,1-4H3. The van der Waals surface area contributed by atoms with Gasteiger partial charge in [-0.15, -0.1) is 0 Å². The molecule has 0 amide bonds. The fraction of sp³-hybridized carbons (Fsp3) is 0.571. The molecule has 0 aliphatic carbocycles. The van der Waals surface area contributed by atoms with Crippen LogP contribution < -0.4 is 0 Å². The molecule has 1 aromatic carbocycles. The molecule has 0 spiro atoms. The maximum Gasteiger partial charge on any atom is 0.127 e. The van der Waals surface area contributed by atoms with Crippen molar-refractivity contribution < 1.29 is 9.50 Å². The van der Waals surface area contributed by atoms with Crippen molar-refractivity contribution in [3.63, 3.8) is 0 Å². The van der Waals surface area contributed by atoms with Crippen LogP contribution in [0.4, 0.5) is 4.39 Å². The lowest BCUT2D eigenvalue weighted by Crippen LogP contribution is -2.51. The molecule has 4 heteroatoms. The van der Waals surface area contributed by atoms with Crippen molar-refractivity contribution in [3.8, 4) is 0 Å². The van der Waals surface area contributed by atoms with Crippen LogP contribution in [0.1, 0.15) is 25.8 Å². The zero-order valence-electron chi connectivity index (χ0n) is 11.4. The second-order valence-electron chi connectivity index (χ2n) is 5.03. The Bertz CT molecular complexity index is 391. The van der Waals surface area contributed by atoms with Crippen molar-refractivity contribution >= 4 is 11.6 Å². The molecular formula is C14H21ClFNO. The number of likely N-dealkylation sites (N-methyl/N-ethyl adjacent to an activating group) is 1. The lowest BCUT2D eigenvalue weighted by Gasteiger charge is -2.40. The van der Waals surface area contributed by atoms with Crippen LogP contribution in [0.15, 0.2) is 18.2 Å². The van der Waals surface area contributed by atoms with Crippen LogP contribution in [0.2, 0.25) is 5.02 Å². The SMILES string of the molecule is CCC(C)(C(O)Cc1c(F)cccc1Cl)N(C)C. The van der Waals surface area contributed by atoms with Crippen LogP contribution in [-0.2, 0) is 6.42 Å². The van der Waals surface area contributed by atoms with Gasteiger partial charge in [0.2, 0.25) is 0 Å². The predicted octanol–water partition coefficient (Wildman–Crippen LogP) is 3.11. The third kappa shape index (κ3) is 3.02. The van der Waals surface area contributed by atoms with Crippen LogP contribution in [-0.4, -0.2) is 35.7 Å². The molecule has 1 N–H and O–H groups in total. The van der Waals surface area contributed by atoms with Gasteiger partial charge < -0.3 is 10.0 Å². The van der Waals surface area contributed by atoms with E-state index >= 15 is 0 Å². The van der Waals surface area contributed by atoms with Gasteiger partial charge >= 0.3 is 0 Å². The highest BCUT2D eigenvalue weighted by atomic mass is 35.5. The number of hydrogen-bond acceptors (Lipinski definition) is 2. The van der Waals surface area contributed by atoms with Crippen molar-refractivity contribution in [1.29, 1.82) is 0 Å². The van der Waals surface area contributed by atoms with Crippen LogP contribution in [0, 0.1) is 5.82 Å². The molecule has 0 radical (unpaired) electrons. The predicted molar refractivity (Wildman–Crippen MR) is 73.5 cm³/mol. The summed E-state index contributed by atoms with van der Waals surface area (Å²) in [6.07, 6.45) is 0.313. The Balaban J connectivity index is 2.97. The summed E-state index contributed by atoms with van der Waals surface area (Å²) in [6.45, 7) is 3.97. The molecule has 2 unspecified atom stereocenters. The molecule has 1 aromatic rings. The monoisotopic (exact) mass is 273 g/mol. The lowest BCUT2D eigenvalue weighted by molar-refractivity contribution is 0.00258. The van der Waals surface area contributed by atoms with Gasteiger partial charge in [-0.25, -0.2) is 4.39 Å². The largest absolute Gasteiger partial charge is 0.391 e. The molecule has 2 atom stereocenters. The van der Waals surface area contributed by atoms with Gasteiger partial charge in [-0.2, -0.15) is 0 Å². The second-order valence-corrected chi connectivity index (χ2v) is 5.43. The molecule has 0 aliphatic rings. The summed E-state index contributed by atoms with van der Waals surface area (Å²) in [5.74, 6) is -0.362. The molecule has 2 nitrogen and oxygen atoms in total. The van der Waals surface area contributed by atoms with Crippen molar-refractivity contribution in [2.24, 2.45) is 0 Å². The highest BCUT2D eigenvalue weighted by Crippen LogP contribution is 2.27. The first-order chi connectivity index (χ1) is 8.32. The number of rotatable bonds is 5. The summed E-state index contributed by atoms with van der Waals surface area (Å²) in [7, 11) is 3.82. The van der Waals surface area contributed by atoms with Gasteiger partial charge in [0.25, 0.3) is 0 Å². The van der Waals surface area contributed by atoms with Gasteiger partial charge in [-0.05, 0) is 39.6 Å². The molecule has 0 fully saturated rings. The zero-order valence-corrected chi connectivity index (χ0v) is 12.1. The Kier molecular flexibility index (Phi) is 5.14. The average molecular weight is 274 g/mol. The van der Waals surface area contributed by atoms with E-state index in [9.17, 15) is 9.50 Å². The van der Waals surface area contributed by atoms with Crippen LogP contribution in [0.3, 0.4) is 0 Å². The minimum atomic E-state index is -0.674. The third-order valence-corrected chi connectivity index (χ3v) is 4.27. The summed E-state index contributed by atoms with van der Waals surface area (Å²) in [5.41, 5.74) is -0.0146. The van der Waals surface area contributed by atoms with Crippen molar-refractivity contribution in [3.05, 3.63) is 34.6 Å². The third-order valence-electron chi connectivity index (χ3n) is 3.91. The summed E-state index contributed by atoms with van der Waals surface area (Å²) in [6, 6.07) is 4.58. The molecule has 0 aliphatic heterocycles. The molecule has 18 heavy (non-hydrogen) atoms. The van der Waals surface area contributed by atoms with E-state index in [1.165, 1.54) is 6.07 Å². The molecule has 0 heterocycles. The van der Waals surface area contributed by atoms with Gasteiger partial charge in [0.1, 0.15) is 5.82 Å². The number of nitrogens with zero attached hydrogens (tertiary/aromatic N) is 1. The fourth-order valence-corrected chi connectivity index (χ4v) is 2.23. The fourth-order valence-electron chi connectivity index (χ4n) is 1.99. The highest BCUT2D eigenvalue weighted by Gasteiger charge is 2.34. The maximum absolute atomic E-state index is 13.7. The van der Waals surface area contributed by atoms with Crippen LogP contribution in [0.25, 0.3) is 0 Å². The van der Waals surface area contributed by atoms with Gasteiger partial charge in [-0.3, -0.25) is 0 Å². The molecule has 102 valence electrons. The Labute approximate surface area is 113 Å². The number of aliphatic hydroxyl groups excluding tert-OH is 1. The van der Waals surface area contributed by atoms with Crippen molar-refractivity contribution in [1.82, 2.24) is 4.90 Å². The molecule has 0 aromatic heterocycles. The van der Waals surface area contributed by atoms with E-state index < -0.39 is 11.6 Å². The molecule has 0 saturated carbocycles. The average Bonchev–Trinajstić information content (AvgIpc) is 2.32. The van der Waals surface area contributed by atoms with E-state index in [0.29, 0.717) is 10.6 Å². The minimum absolute atomic E-state index is 0.216. The van der Waals surface area contributed by atoms with Gasteiger partial charge in [0, 0.05) is 22.5 Å². The number of hydrogen-bond donors (Lipinski definition) is 1. The molecular weight excluding hydrogens is 253 g/mol. The maximum atomic E-state index is 13.7. The number of aliphatic hydroxyl groups is 1. The van der Waals surface area contributed by atoms with E-state index in [1.54, 1.807) is 12.1 Å². The topological polar surface area (TPSA) is 23.5 Å². The summed E-state index contributed by atoms with van der Waals surface area (Å²) < 4.78 is 13.7. The summed E-state index contributed by atoms with van der Waals surface area (Å²) in [4.78, 5) is 1.96. The quantitative estimate of drug-likeness (QED) is 0.891. The first kappa shape index (κ1) is 15.4. The zero-order chi connectivity index (χ0) is 13.9. The Hall–Kier alpha value is -0.640. The van der Waals surface area contributed by atoms with Crippen LogP contribution >= 0.6 is 11.6 Å².